The highest BCUT2D eigenvalue weighted by molar-refractivity contribution is 9.10. The lowest BCUT2D eigenvalue weighted by Gasteiger charge is -2.08. The summed E-state index contributed by atoms with van der Waals surface area (Å²) in [7, 11) is 0. The van der Waals surface area contributed by atoms with Crippen LogP contribution >= 0.6 is 15.9 Å². The van der Waals surface area contributed by atoms with Crippen LogP contribution in [0.25, 0.3) is 0 Å². The van der Waals surface area contributed by atoms with Crippen LogP contribution < -0.4 is 0 Å². The molecule has 1 aromatic rings. The maximum Gasteiger partial charge on any atom is 0.0992 e. The Labute approximate surface area is 85.9 Å². The average molecular weight is 239 g/mol. The number of hydrogen-bond donors (Lipinski definition) is 1. The summed E-state index contributed by atoms with van der Waals surface area (Å²) in [6.07, 6.45) is 0. The molecular formula is C10H9BrNO. The monoisotopic (exact) mass is 238 g/mol. The van der Waals surface area contributed by atoms with Gasteiger partial charge in [0.25, 0.3) is 0 Å². The molecule has 0 aliphatic carbocycles. The zero-order chi connectivity index (χ0) is 9.84. The lowest BCUT2D eigenvalue weighted by atomic mass is 10.0. The summed E-state index contributed by atoms with van der Waals surface area (Å²) in [5, 5.41) is 17.6. The average Bonchev–Trinajstić information content (AvgIpc) is 2.15. The molecule has 1 N–H and O–H groups in total. The van der Waals surface area contributed by atoms with E-state index in [4.69, 9.17) is 10.4 Å². The summed E-state index contributed by atoms with van der Waals surface area (Å²) in [6, 6.07) is 7.37. The normalized spacial score (nSPS) is 12.2. The van der Waals surface area contributed by atoms with Crippen molar-refractivity contribution < 1.29 is 5.11 Å². The number of rotatable bonds is 2. The topological polar surface area (TPSA) is 44.0 Å². The predicted octanol–water partition coefficient (Wildman–Crippen LogP) is 2.23. The van der Waals surface area contributed by atoms with E-state index >= 15 is 0 Å². The SMILES string of the molecule is [CH2]C(CO)c1cc(Br)cc(C#N)c1. The molecule has 2 nitrogen and oxygen atoms in total. The van der Waals surface area contributed by atoms with E-state index in [-0.39, 0.29) is 12.5 Å². The fourth-order valence-corrected chi connectivity index (χ4v) is 1.53. The van der Waals surface area contributed by atoms with Crippen LogP contribution in [0.3, 0.4) is 0 Å². The van der Waals surface area contributed by atoms with E-state index in [9.17, 15) is 0 Å². The van der Waals surface area contributed by atoms with Gasteiger partial charge >= 0.3 is 0 Å². The van der Waals surface area contributed by atoms with Crippen LogP contribution in [0.1, 0.15) is 17.0 Å². The second kappa shape index (κ2) is 4.40. The van der Waals surface area contributed by atoms with E-state index in [1.807, 2.05) is 12.1 Å². The third kappa shape index (κ3) is 2.55. The van der Waals surface area contributed by atoms with Crippen LogP contribution in [0, 0.1) is 18.3 Å². The van der Waals surface area contributed by atoms with Gasteiger partial charge in [0.2, 0.25) is 0 Å². The summed E-state index contributed by atoms with van der Waals surface area (Å²) in [5.74, 6) is -0.176. The third-order valence-corrected chi connectivity index (χ3v) is 2.20. The van der Waals surface area contributed by atoms with Gasteiger partial charge in [0, 0.05) is 17.0 Å². The second-order valence-corrected chi connectivity index (χ2v) is 3.68. The largest absolute Gasteiger partial charge is 0.396 e. The van der Waals surface area contributed by atoms with Crippen molar-refractivity contribution in [3.05, 3.63) is 40.7 Å². The molecule has 0 bridgehead atoms. The Morgan fingerprint density at radius 2 is 2.23 bits per heavy atom. The van der Waals surface area contributed by atoms with Gasteiger partial charge in [-0.15, -0.1) is 0 Å². The highest BCUT2D eigenvalue weighted by Crippen LogP contribution is 2.21. The molecule has 3 heteroatoms. The Bertz CT molecular complexity index is 343. The molecule has 0 aliphatic heterocycles. The van der Waals surface area contributed by atoms with E-state index in [1.165, 1.54) is 0 Å². The maximum atomic E-state index is 8.88. The van der Waals surface area contributed by atoms with Gasteiger partial charge in [0.1, 0.15) is 0 Å². The lowest BCUT2D eigenvalue weighted by molar-refractivity contribution is 0.282. The van der Waals surface area contributed by atoms with Crippen LogP contribution in [-0.4, -0.2) is 11.7 Å². The molecule has 0 fully saturated rings. The maximum absolute atomic E-state index is 8.88. The van der Waals surface area contributed by atoms with Crippen molar-refractivity contribution in [2.45, 2.75) is 5.92 Å². The molecule has 0 spiro atoms. The standard InChI is InChI=1S/C10H9BrNO/c1-7(6-13)9-2-8(5-12)3-10(11)4-9/h2-4,7,13H,1,6H2. The van der Waals surface area contributed by atoms with Gasteiger partial charge < -0.3 is 5.11 Å². The molecule has 0 amide bonds. The smallest absolute Gasteiger partial charge is 0.0992 e. The first kappa shape index (κ1) is 10.2. The summed E-state index contributed by atoms with van der Waals surface area (Å²) < 4.78 is 0.837. The molecule has 0 aromatic heterocycles. The number of aliphatic hydroxyl groups excluding tert-OH is 1. The van der Waals surface area contributed by atoms with Gasteiger partial charge in [-0.1, -0.05) is 15.9 Å². The molecule has 0 aliphatic rings. The van der Waals surface area contributed by atoms with Crippen molar-refractivity contribution >= 4 is 15.9 Å². The Morgan fingerprint density at radius 3 is 2.77 bits per heavy atom. The van der Waals surface area contributed by atoms with Crippen molar-refractivity contribution in [3.63, 3.8) is 0 Å². The van der Waals surface area contributed by atoms with E-state index in [1.54, 1.807) is 12.1 Å². The van der Waals surface area contributed by atoms with Crippen molar-refractivity contribution in [3.8, 4) is 6.07 Å². The summed E-state index contributed by atoms with van der Waals surface area (Å²) in [5.41, 5.74) is 1.44. The Kier molecular flexibility index (Phi) is 3.47. The van der Waals surface area contributed by atoms with Crippen LogP contribution in [0.15, 0.2) is 22.7 Å². The number of nitriles is 1. The highest BCUT2D eigenvalue weighted by atomic mass is 79.9. The molecule has 0 saturated heterocycles. The predicted molar refractivity (Wildman–Crippen MR) is 54.0 cm³/mol. The minimum atomic E-state index is -0.176. The fourth-order valence-electron chi connectivity index (χ4n) is 1.02. The molecule has 1 radical (unpaired) electrons. The summed E-state index contributed by atoms with van der Waals surface area (Å²) in [6.45, 7) is 3.75. The number of aliphatic hydroxyl groups is 1. The minimum absolute atomic E-state index is 0.0126. The van der Waals surface area contributed by atoms with Crippen molar-refractivity contribution in [1.29, 1.82) is 5.26 Å². The molecule has 1 rings (SSSR count). The first-order valence-corrected chi connectivity index (χ1v) is 4.61. The number of benzene rings is 1. The van der Waals surface area contributed by atoms with Crippen LogP contribution in [0.5, 0.6) is 0 Å². The molecule has 0 saturated carbocycles. The molecule has 1 unspecified atom stereocenters. The molecular weight excluding hydrogens is 230 g/mol. The van der Waals surface area contributed by atoms with E-state index < -0.39 is 0 Å². The van der Waals surface area contributed by atoms with Crippen molar-refractivity contribution in [2.75, 3.05) is 6.61 Å². The van der Waals surface area contributed by atoms with Crippen LogP contribution in [-0.2, 0) is 0 Å². The Hall–Kier alpha value is -0.850. The number of hydrogen-bond acceptors (Lipinski definition) is 2. The van der Waals surface area contributed by atoms with Crippen molar-refractivity contribution in [1.82, 2.24) is 0 Å². The van der Waals surface area contributed by atoms with Crippen LogP contribution in [0.4, 0.5) is 0 Å². The van der Waals surface area contributed by atoms with Gasteiger partial charge in [-0.3, -0.25) is 0 Å². The molecule has 1 atom stereocenters. The number of halogens is 1. The summed E-state index contributed by atoms with van der Waals surface area (Å²) in [4.78, 5) is 0. The van der Waals surface area contributed by atoms with Gasteiger partial charge in [0.05, 0.1) is 11.6 Å². The van der Waals surface area contributed by atoms with Crippen molar-refractivity contribution in [2.24, 2.45) is 0 Å². The second-order valence-electron chi connectivity index (χ2n) is 2.76. The quantitative estimate of drug-likeness (QED) is 0.859. The van der Waals surface area contributed by atoms with E-state index in [0.29, 0.717) is 5.56 Å². The first-order valence-electron chi connectivity index (χ1n) is 3.82. The Morgan fingerprint density at radius 1 is 1.54 bits per heavy atom. The van der Waals surface area contributed by atoms with Gasteiger partial charge in [-0.05, 0) is 30.7 Å². The van der Waals surface area contributed by atoms with E-state index in [0.717, 1.165) is 10.0 Å². The number of nitrogens with zero attached hydrogens (tertiary/aromatic N) is 1. The summed E-state index contributed by atoms with van der Waals surface area (Å²) >= 11 is 3.29. The molecule has 67 valence electrons. The molecule has 1 aromatic carbocycles. The molecule has 0 heterocycles. The van der Waals surface area contributed by atoms with E-state index in [2.05, 4.69) is 22.9 Å². The van der Waals surface area contributed by atoms with Gasteiger partial charge in [-0.25, -0.2) is 0 Å². The van der Waals surface area contributed by atoms with Crippen LogP contribution in [0.2, 0.25) is 0 Å². The zero-order valence-corrected chi connectivity index (χ0v) is 8.58. The minimum Gasteiger partial charge on any atom is -0.396 e. The van der Waals surface area contributed by atoms with Gasteiger partial charge in [0.15, 0.2) is 0 Å². The van der Waals surface area contributed by atoms with Gasteiger partial charge in [-0.2, -0.15) is 5.26 Å². The third-order valence-electron chi connectivity index (χ3n) is 1.74. The first-order chi connectivity index (χ1) is 6.17. The highest BCUT2D eigenvalue weighted by Gasteiger charge is 2.06. The fraction of sp³-hybridized carbons (Fsp3) is 0.200. The lowest BCUT2D eigenvalue weighted by Crippen LogP contribution is -1.99. The Balaban J connectivity index is 3.10. The molecule has 13 heavy (non-hydrogen) atoms. The zero-order valence-electron chi connectivity index (χ0n) is 7.00.